The number of benzene rings is 2. The van der Waals surface area contributed by atoms with Crippen molar-refractivity contribution >= 4 is 11.6 Å². The van der Waals surface area contributed by atoms with E-state index < -0.39 is 6.10 Å². The fraction of sp³-hybridized carbons (Fsp3) is 0.263. The molecular weight excluding hydrogens is 307 g/mol. The van der Waals surface area contributed by atoms with Crippen LogP contribution in [-0.2, 0) is 22.5 Å². The van der Waals surface area contributed by atoms with Crippen LogP contribution in [0.1, 0.15) is 17.5 Å². The first-order valence-electron chi connectivity index (χ1n) is 7.98. The number of carbonyl (C=O) groups excluding carboxylic acids is 1. The van der Waals surface area contributed by atoms with E-state index in [1.165, 1.54) is 17.7 Å². The number of oxime groups is 1. The fourth-order valence-corrected chi connectivity index (χ4v) is 2.60. The Morgan fingerprint density at radius 1 is 1.12 bits per heavy atom. The minimum Gasteiger partial charge on any atom is -0.382 e. The summed E-state index contributed by atoms with van der Waals surface area (Å²) in [5, 5.41) is 6.86. The van der Waals surface area contributed by atoms with E-state index in [0.717, 1.165) is 17.7 Å². The van der Waals surface area contributed by atoms with Crippen molar-refractivity contribution in [1.82, 2.24) is 5.32 Å². The molecule has 1 atom stereocenters. The predicted octanol–water partition coefficient (Wildman–Crippen LogP) is 2.87. The number of rotatable bonds is 6. The van der Waals surface area contributed by atoms with Gasteiger partial charge < -0.3 is 10.2 Å². The van der Waals surface area contributed by atoms with Gasteiger partial charge in [0.25, 0.3) is 5.91 Å². The highest BCUT2D eigenvalue weighted by Gasteiger charge is 2.27. The minimum atomic E-state index is -0.573. The largest absolute Gasteiger partial charge is 0.382 e. The first kappa shape index (κ1) is 16.2. The minimum absolute atomic E-state index is 0.149. The highest BCUT2D eigenvalue weighted by molar-refractivity contribution is 5.93. The highest BCUT2D eigenvalue weighted by Crippen LogP contribution is 2.15. The third-order valence-corrected chi connectivity index (χ3v) is 3.90. The molecule has 0 fully saturated rings. The van der Waals surface area contributed by atoms with Crippen molar-refractivity contribution in [3.63, 3.8) is 0 Å². The molecule has 0 saturated heterocycles. The van der Waals surface area contributed by atoms with E-state index in [2.05, 4.69) is 10.5 Å². The van der Waals surface area contributed by atoms with E-state index in [4.69, 9.17) is 4.84 Å². The predicted molar refractivity (Wildman–Crippen MR) is 90.2 cm³/mol. The molecule has 1 aliphatic rings. The SMILES string of the molecule is O=C(NCCc1ccccc1)C1CC(Cc2ccc(F)cc2)=NO1. The van der Waals surface area contributed by atoms with Gasteiger partial charge >= 0.3 is 0 Å². The Bertz CT molecular complexity index is 714. The lowest BCUT2D eigenvalue weighted by molar-refractivity contribution is -0.131. The zero-order chi connectivity index (χ0) is 16.8. The quantitative estimate of drug-likeness (QED) is 0.887. The molecule has 124 valence electrons. The van der Waals surface area contributed by atoms with Gasteiger partial charge in [-0.2, -0.15) is 0 Å². The normalized spacial score (nSPS) is 16.4. The van der Waals surface area contributed by atoms with Gasteiger partial charge in [0.1, 0.15) is 5.82 Å². The summed E-state index contributed by atoms with van der Waals surface area (Å²) >= 11 is 0. The van der Waals surface area contributed by atoms with E-state index in [1.807, 2.05) is 30.3 Å². The van der Waals surface area contributed by atoms with Gasteiger partial charge in [0.2, 0.25) is 6.10 Å². The fourth-order valence-electron chi connectivity index (χ4n) is 2.60. The van der Waals surface area contributed by atoms with Gasteiger partial charge in [0, 0.05) is 19.4 Å². The van der Waals surface area contributed by atoms with Gasteiger partial charge in [-0.1, -0.05) is 47.6 Å². The Hall–Kier alpha value is -2.69. The number of amides is 1. The highest BCUT2D eigenvalue weighted by atomic mass is 19.1. The summed E-state index contributed by atoms with van der Waals surface area (Å²) in [6.45, 7) is 0.565. The van der Waals surface area contributed by atoms with Crippen molar-refractivity contribution in [3.05, 3.63) is 71.5 Å². The Labute approximate surface area is 140 Å². The van der Waals surface area contributed by atoms with E-state index >= 15 is 0 Å². The van der Waals surface area contributed by atoms with Gasteiger partial charge in [0.15, 0.2) is 0 Å². The maximum atomic E-state index is 12.9. The average molecular weight is 326 g/mol. The molecular formula is C19H19FN2O2. The molecule has 24 heavy (non-hydrogen) atoms. The lowest BCUT2D eigenvalue weighted by Gasteiger charge is -2.09. The summed E-state index contributed by atoms with van der Waals surface area (Å²) in [6, 6.07) is 16.2. The monoisotopic (exact) mass is 326 g/mol. The van der Waals surface area contributed by atoms with Gasteiger partial charge in [-0.3, -0.25) is 4.79 Å². The Kier molecular flexibility index (Phi) is 5.21. The molecule has 1 aliphatic heterocycles. The van der Waals surface area contributed by atoms with Crippen LogP contribution in [0.2, 0.25) is 0 Å². The van der Waals surface area contributed by atoms with Crippen LogP contribution in [0, 0.1) is 5.82 Å². The molecule has 4 nitrogen and oxygen atoms in total. The summed E-state index contributed by atoms with van der Waals surface area (Å²) in [5.41, 5.74) is 2.92. The first-order valence-corrected chi connectivity index (χ1v) is 7.98. The van der Waals surface area contributed by atoms with Crippen LogP contribution in [0.15, 0.2) is 59.8 Å². The lowest BCUT2D eigenvalue weighted by Crippen LogP contribution is -2.36. The number of hydrogen-bond acceptors (Lipinski definition) is 3. The molecule has 5 heteroatoms. The Morgan fingerprint density at radius 3 is 2.62 bits per heavy atom. The molecule has 0 radical (unpaired) electrons. The third-order valence-electron chi connectivity index (χ3n) is 3.90. The van der Waals surface area contributed by atoms with Crippen molar-refractivity contribution in [3.8, 4) is 0 Å². The Balaban J connectivity index is 1.42. The molecule has 3 rings (SSSR count). The number of carbonyl (C=O) groups is 1. The van der Waals surface area contributed by atoms with Crippen molar-refractivity contribution < 1.29 is 14.0 Å². The van der Waals surface area contributed by atoms with Gasteiger partial charge in [0.05, 0.1) is 5.71 Å². The summed E-state index contributed by atoms with van der Waals surface area (Å²) < 4.78 is 12.9. The molecule has 2 aromatic carbocycles. The smallest absolute Gasteiger partial charge is 0.264 e. The standard InChI is InChI=1S/C19H19FN2O2/c20-16-8-6-15(7-9-16)12-17-13-18(24-22-17)19(23)21-11-10-14-4-2-1-3-5-14/h1-9,18H,10-13H2,(H,21,23). The van der Waals surface area contributed by atoms with Crippen molar-refractivity contribution in [2.24, 2.45) is 5.16 Å². The zero-order valence-corrected chi connectivity index (χ0v) is 13.2. The Morgan fingerprint density at radius 2 is 1.88 bits per heavy atom. The molecule has 0 spiro atoms. The van der Waals surface area contributed by atoms with Crippen molar-refractivity contribution in [2.45, 2.75) is 25.4 Å². The molecule has 0 aliphatic carbocycles. The van der Waals surface area contributed by atoms with Crippen LogP contribution in [0.4, 0.5) is 4.39 Å². The number of nitrogens with one attached hydrogen (secondary N) is 1. The van der Waals surface area contributed by atoms with Gasteiger partial charge in [-0.15, -0.1) is 0 Å². The van der Waals surface area contributed by atoms with E-state index in [1.54, 1.807) is 12.1 Å². The summed E-state index contributed by atoms with van der Waals surface area (Å²) in [6.07, 6.45) is 1.24. The van der Waals surface area contributed by atoms with Crippen LogP contribution in [0.25, 0.3) is 0 Å². The molecule has 0 bridgehead atoms. The average Bonchev–Trinajstić information content (AvgIpc) is 3.06. The molecule has 2 aromatic rings. The van der Waals surface area contributed by atoms with Crippen LogP contribution >= 0.6 is 0 Å². The number of nitrogens with zero attached hydrogens (tertiary/aromatic N) is 1. The molecule has 1 heterocycles. The van der Waals surface area contributed by atoms with E-state index in [0.29, 0.717) is 19.4 Å². The van der Waals surface area contributed by atoms with Crippen LogP contribution in [0.5, 0.6) is 0 Å². The van der Waals surface area contributed by atoms with Gasteiger partial charge in [-0.05, 0) is 29.7 Å². The second-order valence-corrected chi connectivity index (χ2v) is 5.79. The number of hydrogen-bond donors (Lipinski definition) is 1. The first-order chi connectivity index (χ1) is 11.7. The summed E-state index contributed by atoms with van der Waals surface area (Å²) in [7, 11) is 0. The van der Waals surface area contributed by atoms with Crippen molar-refractivity contribution in [2.75, 3.05) is 6.54 Å². The zero-order valence-electron chi connectivity index (χ0n) is 13.2. The maximum Gasteiger partial charge on any atom is 0.264 e. The van der Waals surface area contributed by atoms with E-state index in [-0.39, 0.29) is 11.7 Å². The lowest BCUT2D eigenvalue weighted by atomic mass is 10.0. The van der Waals surface area contributed by atoms with E-state index in [9.17, 15) is 9.18 Å². The van der Waals surface area contributed by atoms with Crippen LogP contribution in [0.3, 0.4) is 0 Å². The van der Waals surface area contributed by atoms with Crippen LogP contribution < -0.4 is 5.32 Å². The van der Waals surface area contributed by atoms with Crippen molar-refractivity contribution in [1.29, 1.82) is 0 Å². The third kappa shape index (κ3) is 4.41. The summed E-state index contributed by atoms with van der Waals surface area (Å²) in [5.74, 6) is -0.414. The molecule has 0 aromatic heterocycles. The topological polar surface area (TPSA) is 50.7 Å². The van der Waals surface area contributed by atoms with Crippen LogP contribution in [-0.4, -0.2) is 24.3 Å². The molecule has 0 saturated carbocycles. The molecule has 1 amide bonds. The molecule has 1 unspecified atom stereocenters. The molecule has 1 N–H and O–H groups in total. The summed E-state index contributed by atoms with van der Waals surface area (Å²) in [4.78, 5) is 17.3. The number of halogens is 1. The maximum absolute atomic E-state index is 12.9. The van der Waals surface area contributed by atoms with Gasteiger partial charge in [-0.25, -0.2) is 4.39 Å². The second kappa shape index (κ2) is 7.73. The second-order valence-electron chi connectivity index (χ2n) is 5.79.